The minimum Gasteiger partial charge on any atom is -0.333 e. The third-order valence-electron chi connectivity index (χ3n) is 6.31. The van der Waals surface area contributed by atoms with E-state index in [0.29, 0.717) is 36.9 Å². The van der Waals surface area contributed by atoms with E-state index in [1.165, 1.54) is 12.1 Å². The van der Waals surface area contributed by atoms with Gasteiger partial charge in [0.2, 0.25) is 5.91 Å². The number of carbonyl (C=O) groups is 2. The molecular weight excluding hydrogens is 395 g/mol. The maximum Gasteiger partial charge on any atom is 0.416 e. The van der Waals surface area contributed by atoms with Crippen molar-refractivity contribution >= 4 is 11.8 Å². The van der Waals surface area contributed by atoms with Crippen molar-refractivity contribution in [2.45, 2.75) is 50.5 Å². The molecular formula is C22H22F3N3O2. The van der Waals surface area contributed by atoms with Crippen LogP contribution in [0.1, 0.15) is 47.7 Å². The zero-order chi connectivity index (χ0) is 21.5. The molecule has 0 radical (unpaired) electrons. The number of likely N-dealkylation sites (tertiary alicyclic amines) is 2. The topological polar surface area (TPSA) is 53.5 Å². The number of hydrogen-bond donors (Lipinski definition) is 0. The van der Waals surface area contributed by atoms with Gasteiger partial charge in [-0.3, -0.25) is 14.6 Å². The lowest BCUT2D eigenvalue weighted by Crippen LogP contribution is -2.60. The lowest BCUT2D eigenvalue weighted by Gasteiger charge is -2.47. The summed E-state index contributed by atoms with van der Waals surface area (Å²) in [5.74, 6) is -0.123. The zero-order valence-corrected chi connectivity index (χ0v) is 16.5. The summed E-state index contributed by atoms with van der Waals surface area (Å²) in [6, 6.07) is 8.12. The molecule has 4 rings (SSSR count). The number of amides is 2. The Morgan fingerprint density at radius 1 is 1.17 bits per heavy atom. The molecule has 0 bridgehead atoms. The molecule has 30 heavy (non-hydrogen) atoms. The predicted molar refractivity (Wildman–Crippen MR) is 103 cm³/mol. The molecule has 0 unspecified atom stereocenters. The highest BCUT2D eigenvalue weighted by Crippen LogP contribution is 2.42. The van der Waals surface area contributed by atoms with Gasteiger partial charge >= 0.3 is 6.18 Å². The molecule has 158 valence electrons. The second kappa shape index (κ2) is 7.41. The number of fused-ring (bicyclic) bond motifs is 1. The summed E-state index contributed by atoms with van der Waals surface area (Å²) in [6.07, 6.45) is 0.265. The summed E-state index contributed by atoms with van der Waals surface area (Å²) in [6.45, 7) is 2.72. The third-order valence-corrected chi connectivity index (χ3v) is 6.31. The number of halogens is 3. The third kappa shape index (κ3) is 3.55. The quantitative estimate of drug-likeness (QED) is 0.761. The molecule has 0 saturated carbocycles. The SMILES string of the molecule is C[C@]12CCN(C(=O)c3ccncc3)[C@H]1CCC(=O)N2Cc1ccc(C(F)(F)F)cc1. The second-order valence-electron chi connectivity index (χ2n) is 8.07. The largest absolute Gasteiger partial charge is 0.416 e. The minimum atomic E-state index is -4.39. The molecule has 2 aliphatic rings. The van der Waals surface area contributed by atoms with E-state index in [1.54, 1.807) is 29.4 Å². The summed E-state index contributed by atoms with van der Waals surface area (Å²) in [4.78, 5) is 33.3. The van der Waals surface area contributed by atoms with Crippen LogP contribution in [-0.4, -0.2) is 44.7 Å². The Morgan fingerprint density at radius 2 is 1.83 bits per heavy atom. The predicted octanol–water partition coefficient (Wildman–Crippen LogP) is 3.90. The van der Waals surface area contributed by atoms with Gasteiger partial charge in [-0.1, -0.05) is 12.1 Å². The van der Waals surface area contributed by atoms with Crippen molar-refractivity contribution in [1.82, 2.24) is 14.8 Å². The van der Waals surface area contributed by atoms with Gasteiger partial charge in [0.25, 0.3) is 5.91 Å². The Balaban J connectivity index is 1.56. The Hall–Kier alpha value is -2.90. The van der Waals surface area contributed by atoms with Gasteiger partial charge in [0.15, 0.2) is 0 Å². The van der Waals surface area contributed by atoms with E-state index in [9.17, 15) is 22.8 Å². The first-order chi connectivity index (χ1) is 14.2. The number of benzene rings is 1. The monoisotopic (exact) mass is 417 g/mol. The first-order valence-corrected chi connectivity index (χ1v) is 9.88. The smallest absolute Gasteiger partial charge is 0.333 e. The molecule has 0 spiro atoms. The Bertz CT molecular complexity index is 946. The van der Waals surface area contributed by atoms with Crippen LogP contribution in [-0.2, 0) is 17.5 Å². The lowest BCUT2D eigenvalue weighted by molar-refractivity contribution is -0.144. The number of rotatable bonds is 3. The number of piperidine rings is 1. The van der Waals surface area contributed by atoms with E-state index < -0.39 is 17.3 Å². The molecule has 3 heterocycles. The van der Waals surface area contributed by atoms with E-state index in [4.69, 9.17) is 0 Å². The summed E-state index contributed by atoms with van der Waals surface area (Å²) >= 11 is 0. The highest BCUT2D eigenvalue weighted by molar-refractivity contribution is 5.95. The van der Waals surface area contributed by atoms with Gasteiger partial charge in [0.05, 0.1) is 17.1 Å². The molecule has 2 saturated heterocycles. The van der Waals surface area contributed by atoms with Crippen LogP contribution in [0.3, 0.4) is 0 Å². The number of pyridine rings is 1. The van der Waals surface area contributed by atoms with Crippen LogP contribution in [0.4, 0.5) is 13.2 Å². The van der Waals surface area contributed by atoms with Gasteiger partial charge in [0, 0.05) is 37.5 Å². The molecule has 0 N–H and O–H groups in total. The molecule has 2 atom stereocenters. The Labute approximate surface area is 172 Å². The van der Waals surface area contributed by atoms with Crippen molar-refractivity contribution < 1.29 is 22.8 Å². The van der Waals surface area contributed by atoms with Crippen molar-refractivity contribution in [3.05, 3.63) is 65.5 Å². The number of hydrogen-bond acceptors (Lipinski definition) is 3. The number of aromatic nitrogens is 1. The second-order valence-corrected chi connectivity index (χ2v) is 8.07. The van der Waals surface area contributed by atoms with Crippen LogP contribution in [0.15, 0.2) is 48.8 Å². The van der Waals surface area contributed by atoms with E-state index in [-0.39, 0.29) is 24.4 Å². The number of alkyl halides is 3. The molecule has 5 nitrogen and oxygen atoms in total. The fraction of sp³-hybridized carbons (Fsp3) is 0.409. The fourth-order valence-electron chi connectivity index (χ4n) is 4.62. The van der Waals surface area contributed by atoms with Gasteiger partial charge in [-0.25, -0.2) is 0 Å². The molecule has 2 amide bonds. The summed E-state index contributed by atoms with van der Waals surface area (Å²) in [7, 11) is 0. The Morgan fingerprint density at radius 3 is 2.47 bits per heavy atom. The fourth-order valence-corrected chi connectivity index (χ4v) is 4.62. The number of nitrogens with zero attached hydrogens (tertiary/aromatic N) is 3. The van der Waals surface area contributed by atoms with Gasteiger partial charge < -0.3 is 9.80 Å². The highest BCUT2D eigenvalue weighted by Gasteiger charge is 2.53. The van der Waals surface area contributed by atoms with Crippen LogP contribution >= 0.6 is 0 Å². The van der Waals surface area contributed by atoms with E-state index in [0.717, 1.165) is 12.1 Å². The van der Waals surface area contributed by atoms with Crippen molar-refractivity contribution in [2.24, 2.45) is 0 Å². The van der Waals surface area contributed by atoms with Crippen LogP contribution in [0.2, 0.25) is 0 Å². The van der Waals surface area contributed by atoms with Gasteiger partial charge in [0.1, 0.15) is 0 Å². The van der Waals surface area contributed by atoms with E-state index in [1.807, 2.05) is 11.8 Å². The molecule has 1 aromatic heterocycles. The number of carbonyl (C=O) groups excluding carboxylic acids is 2. The maximum absolute atomic E-state index is 13.0. The van der Waals surface area contributed by atoms with Crippen molar-refractivity contribution in [3.8, 4) is 0 Å². The highest BCUT2D eigenvalue weighted by atomic mass is 19.4. The first-order valence-electron chi connectivity index (χ1n) is 9.88. The van der Waals surface area contributed by atoms with Crippen molar-refractivity contribution in [1.29, 1.82) is 0 Å². The maximum atomic E-state index is 13.0. The zero-order valence-electron chi connectivity index (χ0n) is 16.5. The molecule has 1 aromatic carbocycles. The summed E-state index contributed by atoms with van der Waals surface area (Å²) in [5, 5.41) is 0. The van der Waals surface area contributed by atoms with Crippen molar-refractivity contribution in [3.63, 3.8) is 0 Å². The molecule has 0 aliphatic carbocycles. The minimum absolute atomic E-state index is 0.0353. The Kier molecular flexibility index (Phi) is 5.03. The van der Waals surface area contributed by atoms with Gasteiger partial charge in [-0.05, 0) is 49.6 Å². The summed E-state index contributed by atoms with van der Waals surface area (Å²) < 4.78 is 38.5. The average Bonchev–Trinajstić information content (AvgIpc) is 3.07. The molecule has 2 aliphatic heterocycles. The molecule has 2 fully saturated rings. The van der Waals surface area contributed by atoms with Gasteiger partial charge in [-0.2, -0.15) is 13.2 Å². The normalized spacial score (nSPS) is 24.1. The van der Waals surface area contributed by atoms with Crippen molar-refractivity contribution in [2.75, 3.05) is 6.54 Å². The summed E-state index contributed by atoms with van der Waals surface area (Å²) in [5.41, 5.74) is -0.0753. The van der Waals surface area contributed by atoms with Crippen LogP contribution < -0.4 is 0 Å². The van der Waals surface area contributed by atoms with Crippen LogP contribution in [0, 0.1) is 0 Å². The van der Waals surface area contributed by atoms with E-state index in [2.05, 4.69) is 4.98 Å². The van der Waals surface area contributed by atoms with Gasteiger partial charge in [-0.15, -0.1) is 0 Å². The molecule has 8 heteroatoms. The lowest BCUT2D eigenvalue weighted by atomic mass is 9.82. The van der Waals surface area contributed by atoms with E-state index >= 15 is 0 Å². The average molecular weight is 417 g/mol. The molecule has 2 aromatic rings. The first kappa shape index (κ1) is 20.4. The van der Waals surface area contributed by atoms with Crippen LogP contribution in [0.5, 0.6) is 0 Å². The van der Waals surface area contributed by atoms with Crippen LogP contribution in [0.25, 0.3) is 0 Å². The standard InChI is InChI=1S/C22H22F3N3O2/c1-21-10-13-27(20(30)16-8-11-26-12-9-16)18(21)6-7-19(29)28(21)14-15-2-4-17(5-3-15)22(23,24)25/h2-5,8-9,11-12,18H,6-7,10,13-14H2,1H3/t18-,21-/m0/s1.